The van der Waals surface area contributed by atoms with Crippen molar-refractivity contribution in [3.63, 3.8) is 0 Å². The van der Waals surface area contributed by atoms with Crippen molar-refractivity contribution in [1.29, 1.82) is 0 Å². The predicted octanol–water partition coefficient (Wildman–Crippen LogP) is 8.57. The molecule has 230 valence electrons. The second-order valence-corrected chi connectivity index (χ2v) is 25.3. The Morgan fingerprint density at radius 3 is 1.12 bits per heavy atom. The Labute approximate surface area is 252 Å². The Hall–Kier alpha value is -2.27. The third kappa shape index (κ3) is 5.12. The first-order chi connectivity index (χ1) is 19.2. The lowest BCUT2D eigenvalue weighted by molar-refractivity contribution is 0.163. The van der Waals surface area contributed by atoms with Crippen LogP contribution in [0.25, 0.3) is 21.5 Å². The Morgan fingerprint density at radius 2 is 0.833 bits per heavy atom. The molecular formula is C34H50O6Si2. The average Bonchev–Trinajstić information content (AvgIpc) is 2.88. The molecule has 3 aromatic rings. The van der Waals surface area contributed by atoms with Gasteiger partial charge in [-0.2, -0.15) is 0 Å². The van der Waals surface area contributed by atoms with Crippen LogP contribution in [-0.4, -0.2) is 49.3 Å². The lowest BCUT2D eigenvalue weighted by Crippen LogP contribution is -2.45. The highest BCUT2D eigenvalue weighted by Gasteiger charge is 2.42. The molecule has 42 heavy (non-hydrogen) atoms. The van der Waals surface area contributed by atoms with Crippen LogP contribution in [0.3, 0.4) is 0 Å². The third-order valence-corrected chi connectivity index (χ3v) is 20.0. The summed E-state index contributed by atoms with van der Waals surface area (Å²) in [6, 6.07) is 3.46. The van der Waals surface area contributed by atoms with Gasteiger partial charge in [0, 0.05) is 68.8 Å². The van der Waals surface area contributed by atoms with Gasteiger partial charge in [-0.3, -0.25) is 0 Å². The van der Waals surface area contributed by atoms with Crippen LogP contribution in [0.4, 0.5) is 0 Å². The Kier molecular flexibility index (Phi) is 7.53. The van der Waals surface area contributed by atoms with Crippen LogP contribution >= 0.6 is 0 Å². The molecule has 2 aliphatic carbocycles. The molecular weight excluding hydrogens is 561 g/mol. The molecule has 0 fully saturated rings. The third-order valence-electron chi connectivity index (χ3n) is 10.9. The maximum Gasteiger partial charge on any atom is 0.192 e. The molecule has 3 aromatic carbocycles. The highest BCUT2D eigenvalue weighted by Crippen LogP contribution is 2.50. The van der Waals surface area contributed by atoms with E-state index >= 15 is 0 Å². The van der Waals surface area contributed by atoms with Gasteiger partial charge in [0.25, 0.3) is 0 Å². The summed E-state index contributed by atoms with van der Waals surface area (Å²) in [6.07, 6.45) is 3.80. The molecule has 2 unspecified atom stereocenters. The van der Waals surface area contributed by atoms with E-state index in [4.69, 9.17) is 8.85 Å². The van der Waals surface area contributed by atoms with Gasteiger partial charge < -0.3 is 29.3 Å². The zero-order valence-corrected chi connectivity index (χ0v) is 29.2. The van der Waals surface area contributed by atoms with E-state index in [-0.39, 0.29) is 45.3 Å². The number of hydrogen-bond acceptors (Lipinski definition) is 6. The van der Waals surface area contributed by atoms with Crippen molar-refractivity contribution in [2.45, 2.75) is 129 Å². The zero-order chi connectivity index (χ0) is 31.2. The molecule has 0 amide bonds. The quantitative estimate of drug-likeness (QED) is 0.134. The number of fused-ring (bicyclic) bond motifs is 4. The van der Waals surface area contributed by atoms with Gasteiger partial charge in [-0.1, -0.05) is 41.5 Å². The molecule has 0 aliphatic heterocycles. The first-order valence-corrected chi connectivity index (χ1v) is 21.3. The summed E-state index contributed by atoms with van der Waals surface area (Å²) in [4.78, 5) is 0. The normalized spacial score (nSPS) is 20.1. The summed E-state index contributed by atoms with van der Waals surface area (Å²) in [5.41, 5.74) is 2.95. The second-order valence-electron chi connectivity index (χ2n) is 15.7. The lowest BCUT2D eigenvalue weighted by atomic mass is 9.83. The van der Waals surface area contributed by atoms with E-state index in [1.807, 2.05) is 0 Å². The van der Waals surface area contributed by atoms with Crippen molar-refractivity contribution in [2.24, 2.45) is 0 Å². The zero-order valence-electron chi connectivity index (χ0n) is 27.2. The maximum atomic E-state index is 11.6. The summed E-state index contributed by atoms with van der Waals surface area (Å²) < 4.78 is 13.4. The van der Waals surface area contributed by atoms with Crippen molar-refractivity contribution in [2.75, 3.05) is 0 Å². The van der Waals surface area contributed by atoms with Crippen LogP contribution in [0.2, 0.25) is 36.3 Å². The first kappa shape index (κ1) is 31.2. The molecule has 5 rings (SSSR count). The predicted molar refractivity (Wildman–Crippen MR) is 176 cm³/mol. The van der Waals surface area contributed by atoms with Crippen molar-refractivity contribution >= 4 is 38.2 Å². The lowest BCUT2D eigenvalue weighted by Gasteiger charge is -2.41. The summed E-state index contributed by atoms with van der Waals surface area (Å²) >= 11 is 0. The van der Waals surface area contributed by atoms with E-state index in [1.54, 1.807) is 12.1 Å². The van der Waals surface area contributed by atoms with Gasteiger partial charge in [0.1, 0.15) is 23.0 Å². The largest absolute Gasteiger partial charge is 0.507 e. The first-order valence-electron chi connectivity index (χ1n) is 15.5. The minimum atomic E-state index is -2.01. The number of benzene rings is 3. The molecule has 0 spiro atoms. The van der Waals surface area contributed by atoms with Gasteiger partial charge in [-0.15, -0.1) is 0 Å². The van der Waals surface area contributed by atoms with E-state index in [0.717, 1.165) is 35.1 Å². The highest BCUT2D eigenvalue weighted by molar-refractivity contribution is 6.74. The monoisotopic (exact) mass is 610 g/mol. The van der Waals surface area contributed by atoms with Crippen LogP contribution in [0.1, 0.15) is 76.6 Å². The van der Waals surface area contributed by atoms with Gasteiger partial charge in [-0.05, 0) is 74.1 Å². The van der Waals surface area contributed by atoms with Crippen LogP contribution in [0.15, 0.2) is 12.1 Å². The Bertz CT molecular complexity index is 1450. The number of phenolic OH excluding ortho intramolecular Hbond substituents is 4. The van der Waals surface area contributed by atoms with Crippen molar-refractivity contribution in [1.82, 2.24) is 0 Å². The van der Waals surface area contributed by atoms with Gasteiger partial charge in [-0.25, -0.2) is 0 Å². The van der Waals surface area contributed by atoms with E-state index < -0.39 is 16.6 Å². The molecule has 2 aliphatic rings. The van der Waals surface area contributed by atoms with Crippen LogP contribution < -0.4 is 0 Å². The van der Waals surface area contributed by atoms with Crippen molar-refractivity contribution < 1.29 is 29.3 Å². The molecule has 2 atom stereocenters. The second kappa shape index (κ2) is 10.1. The molecule has 0 saturated carbocycles. The molecule has 4 N–H and O–H groups in total. The topological polar surface area (TPSA) is 99.4 Å². The number of phenols is 4. The fraction of sp³-hybridized carbons (Fsp3) is 0.588. The Balaban J connectivity index is 1.57. The fourth-order valence-corrected chi connectivity index (χ4v) is 9.02. The molecule has 0 aromatic heterocycles. The molecule has 8 heteroatoms. The minimum absolute atomic E-state index is 0.0242. The summed E-state index contributed by atoms with van der Waals surface area (Å²) in [7, 11) is -4.01. The number of hydrogen-bond donors (Lipinski definition) is 4. The Morgan fingerprint density at radius 1 is 0.548 bits per heavy atom. The average molecular weight is 611 g/mol. The maximum absolute atomic E-state index is 11.6. The van der Waals surface area contributed by atoms with Crippen molar-refractivity contribution in [3.8, 4) is 23.0 Å². The van der Waals surface area contributed by atoms with Crippen LogP contribution in [0.5, 0.6) is 23.0 Å². The fourth-order valence-electron chi connectivity index (χ4n) is 6.24. The van der Waals surface area contributed by atoms with Gasteiger partial charge in [0.15, 0.2) is 16.6 Å². The number of aromatic hydroxyl groups is 4. The summed E-state index contributed by atoms with van der Waals surface area (Å²) in [5.74, 6) is 0.535. The van der Waals surface area contributed by atoms with Crippen LogP contribution in [-0.2, 0) is 34.5 Å². The smallest absolute Gasteiger partial charge is 0.192 e. The molecule has 0 bridgehead atoms. The van der Waals surface area contributed by atoms with Gasteiger partial charge >= 0.3 is 0 Å². The SMILES string of the molecule is CC(C)(C)[Si](C)(C)OC1CCc2c(c(O)c3cc4c(O)c5c(c(O)c4cc3c2O)CCC(O[Si](C)(C)C(C)(C)C)C5)C1. The van der Waals surface area contributed by atoms with Crippen LogP contribution in [0, 0.1) is 0 Å². The van der Waals surface area contributed by atoms with Gasteiger partial charge in [0.2, 0.25) is 0 Å². The summed E-state index contributed by atoms with van der Waals surface area (Å²) in [6.45, 7) is 22.3. The van der Waals surface area contributed by atoms with Gasteiger partial charge in [0.05, 0.1) is 0 Å². The van der Waals surface area contributed by atoms with E-state index in [9.17, 15) is 20.4 Å². The molecule has 0 radical (unpaired) electrons. The number of rotatable bonds is 4. The molecule has 6 nitrogen and oxygen atoms in total. The van der Waals surface area contributed by atoms with Crippen molar-refractivity contribution in [3.05, 3.63) is 34.4 Å². The highest BCUT2D eigenvalue weighted by atomic mass is 28.4. The molecule has 0 heterocycles. The minimum Gasteiger partial charge on any atom is -0.507 e. The van der Waals surface area contributed by atoms with E-state index in [0.29, 0.717) is 47.2 Å². The molecule has 0 saturated heterocycles. The summed E-state index contributed by atoms with van der Waals surface area (Å²) in [5, 5.41) is 48.1. The van der Waals surface area contributed by atoms with E-state index in [2.05, 4.69) is 67.7 Å². The standard InChI is InChI=1S/C34H50O6Si2/c1-33(2,3)41(7,8)39-19-11-13-21-23(15-19)31(37)27-18-28-26(17-25(27)29(21)35)30(36)22-14-12-20(16-24(22)32(28)38)40-42(9,10)34(4,5)6/h17-20,35-38H,11-16H2,1-10H3. The van der Waals surface area contributed by atoms with E-state index in [1.165, 1.54) is 0 Å².